The molecule has 1 aliphatic rings. The van der Waals surface area contributed by atoms with Crippen LogP contribution in [0.15, 0.2) is 0 Å². The van der Waals surface area contributed by atoms with Gasteiger partial charge < -0.3 is 14.8 Å². The number of hydrogen-bond acceptors (Lipinski definition) is 3. The third-order valence-corrected chi connectivity index (χ3v) is 3.86. The maximum absolute atomic E-state index is 5.98. The lowest BCUT2D eigenvalue weighted by Crippen LogP contribution is -2.29. The molecule has 114 valence electrons. The van der Waals surface area contributed by atoms with Crippen molar-refractivity contribution in [2.75, 3.05) is 32.9 Å². The molecular formula is C16H33NO2. The molecule has 1 fully saturated rings. The second kappa shape index (κ2) is 10.6. The fourth-order valence-electron chi connectivity index (χ4n) is 3.03. The molecule has 2 atom stereocenters. The van der Waals surface area contributed by atoms with Gasteiger partial charge in [-0.25, -0.2) is 0 Å². The van der Waals surface area contributed by atoms with E-state index in [1.165, 1.54) is 25.7 Å². The molecule has 0 heterocycles. The molecule has 0 aliphatic heterocycles. The van der Waals surface area contributed by atoms with E-state index in [0.717, 1.165) is 51.2 Å². The minimum atomic E-state index is 0.499. The summed E-state index contributed by atoms with van der Waals surface area (Å²) in [4.78, 5) is 0. The largest absolute Gasteiger partial charge is 0.382 e. The van der Waals surface area contributed by atoms with Gasteiger partial charge in [0, 0.05) is 19.8 Å². The lowest BCUT2D eigenvalue weighted by molar-refractivity contribution is 0.00271. The van der Waals surface area contributed by atoms with Crippen LogP contribution in [0.5, 0.6) is 0 Å². The van der Waals surface area contributed by atoms with Crippen LogP contribution in [0.4, 0.5) is 0 Å². The summed E-state index contributed by atoms with van der Waals surface area (Å²) < 4.78 is 11.3. The molecule has 0 spiro atoms. The highest BCUT2D eigenvalue weighted by molar-refractivity contribution is 4.75. The Morgan fingerprint density at radius 3 is 2.37 bits per heavy atom. The van der Waals surface area contributed by atoms with Crippen molar-refractivity contribution >= 4 is 0 Å². The van der Waals surface area contributed by atoms with Gasteiger partial charge in [0.2, 0.25) is 0 Å². The van der Waals surface area contributed by atoms with Gasteiger partial charge in [0.05, 0.1) is 12.7 Å². The van der Waals surface area contributed by atoms with E-state index in [1.54, 1.807) is 0 Å². The van der Waals surface area contributed by atoms with Crippen molar-refractivity contribution in [3.63, 3.8) is 0 Å². The molecule has 0 aromatic rings. The summed E-state index contributed by atoms with van der Waals surface area (Å²) in [7, 11) is 0. The van der Waals surface area contributed by atoms with Gasteiger partial charge in [-0.15, -0.1) is 0 Å². The first-order valence-electron chi connectivity index (χ1n) is 8.12. The molecule has 0 bridgehead atoms. The first kappa shape index (κ1) is 16.9. The van der Waals surface area contributed by atoms with Crippen molar-refractivity contribution in [3.8, 4) is 0 Å². The van der Waals surface area contributed by atoms with Crippen molar-refractivity contribution < 1.29 is 9.47 Å². The molecule has 1 N–H and O–H groups in total. The van der Waals surface area contributed by atoms with Crippen molar-refractivity contribution in [1.82, 2.24) is 5.32 Å². The van der Waals surface area contributed by atoms with E-state index in [0.29, 0.717) is 6.10 Å². The Hall–Kier alpha value is -0.120. The molecule has 3 heteroatoms. The number of hydrogen-bond donors (Lipinski definition) is 1. The first-order valence-corrected chi connectivity index (χ1v) is 8.12. The normalized spacial score (nSPS) is 27.6. The maximum Gasteiger partial charge on any atom is 0.0594 e. The van der Waals surface area contributed by atoms with Crippen molar-refractivity contribution in [3.05, 3.63) is 0 Å². The third-order valence-electron chi connectivity index (χ3n) is 3.86. The van der Waals surface area contributed by atoms with E-state index < -0.39 is 0 Å². The van der Waals surface area contributed by atoms with Crippen LogP contribution in [0, 0.1) is 11.8 Å². The summed E-state index contributed by atoms with van der Waals surface area (Å²) in [5.74, 6) is 1.67. The fraction of sp³-hybridized carbons (Fsp3) is 1.00. The van der Waals surface area contributed by atoms with Crippen LogP contribution in [0.2, 0.25) is 0 Å². The van der Waals surface area contributed by atoms with Crippen LogP contribution in [-0.2, 0) is 9.47 Å². The molecule has 0 saturated heterocycles. The summed E-state index contributed by atoms with van der Waals surface area (Å²) >= 11 is 0. The average Bonchev–Trinajstić information content (AvgIpc) is 2.36. The maximum atomic E-state index is 5.98. The van der Waals surface area contributed by atoms with Gasteiger partial charge in [0.15, 0.2) is 0 Å². The molecule has 0 aromatic carbocycles. The second-order valence-electron chi connectivity index (χ2n) is 6.06. The van der Waals surface area contributed by atoms with Crippen LogP contribution in [-0.4, -0.2) is 39.0 Å². The highest BCUT2D eigenvalue weighted by Crippen LogP contribution is 2.30. The van der Waals surface area contributed by atoms with Crippen LogP contribution >= 0.6 is 0 Å². The second-order valence-corrected chi connectivity index (χ2v) is 6.06. The van der Waals surface area contributed by atoms with Crippen LogP contribution in [0.25, 0.3) is 0 Å². The molecule has 0 radical (unpaired) electrons. The minimum Gasteiger partial charge on any atom is -0.382 e. The van der Waals surface area contributed by atoms with Gasteiger partial charge in [0.1, 0.15) is 0 Å². The van der Waals surface area contributed by atoms with E-state index in [1.807, 2.05) is 6.92 Å². The zero-order valence-electron chi connectivity index (χ0n) is 13.1. The van der Waals surface area contributed by atoms with Gasteiger partial charge in [-0.3, -0.25) is 0 Å². The third kappa shape index (κ3) is 8.61. The first-order chi connectivity index (χ1) is 9.22. The number of rotatable bonds is 10. The summed E-state index contributed by atoms with van der Waals surface area (Å²) in [6.07, 6.45) is 6.71. The number of ether oxygens (including phenoxy) is 2. The van der Waals surface area contributed by atoms with Gasteiger partial charge in [-0.2, -0.15) is 0 Å². The Labute approximate surface area is 119 Å². The standard InChI is InChI=1S/C16H33NO2/c1-4-18-9-6-5-7-17-8-10-19-16-12-14(2)11-15(3)13-16/h14-17H,4-13H2,1-3H3. The number of nitrogens with one attached hydrogen (secondary N) is 1. The Balaban J connectivity index is 1.87. The molecule has 2 unspecified atom stereocenters. The quantitative estimate of drug-likeness (QED) is 0.619. The average molecular weight is 271 g/mol. The van der Waals surface area contributed by atoms with Gasteiger partial charge in [0.25, 0.3) is 0 Å². The highest BCUT2D eigenvalue weighted by atomic mass is 16.5. The Morgan fingerprint density at radius 2 is 1.68 bits per heavy atom. The van der Waals surface area contributed by atoms with Crippen LogP contribution in [0.1, 0.15) is 52.9 Å². The monoisotopic (exact) mass is 271 g/mol. The lowest BCUT2D eigenvalue weighted by Gasteiger charge is -2.31. The predicted molar refractivity (Wildman–Crippen MR) is 80.5 cm³/mol. The minimum absolute atomic E-state index is 0.499. The zero-order valence-corrected chi connectivity index (χ0v) is 13.1. The molecule has 3 nitrogen and oxygen atoms in total. The van der Waals surface area contributed by atoms with Crippen molar-refractivity contribution in [2.24, 2.45) is 11.8 Å². The lowest BCUT2D eigenvalue weighted by atomic mass is 9.82. The van der Waals surface area contributed by atoms with E-state index in [2.05, 4.69) is 19.2 Å². The van der Waals surface area contributed by atoms with Crippen molar-refractivity contribution in [1.29, 1.82) is 0 Å². The fourth-order valence-corrected chi connectivity index (χ4v) is 3.03. The van der Waals surface area contributed by atoms with Crippen molar-refractivity contribution in [2.45, 2.75) is 59.0 Å². The molecule has 0 amide bonds. The summed E-state index contributed by atoms with van der Waals surface area (Å²) in [6, 6.07) is 0. The molecular weight excluding hydrogens is 238 g/mol. The van der Waals surface area contributed by atoms with Gasteiger partial charge >= 0.3 is 0 Å². The summed E-state index contributed by atoms with van der Waals surface area (Å²) in [5, 5.41) is 3.44. The van der Waals surface area contributed by atoms with E-state index >= 15 is 0 Å². The molecule has 0 aromatic heterocycles. The molecule has 1 rings (SSSR count). The molecule has 1 saturated carbocycles. The molecule has 19 heavy (non-hydrogen) atoms. The topological polar surface area (TPSA) is 30.5 Å². The predicted octanol–water partition coefficient (Wildman–Crippen LogP) is 3.23. The smallest absolute Gasteiger partial charge is 0.0594 e. The Bertz CT molecular complexity index is 201. The molecule has 1 aliphatic carbocycles. The van der Waals surface area contributed by atoms with Crippen LogP contribution in [0.3, 0.4) is 0 Å². The SMILES string of the molecule is CCOCCCCNCCOC1CC(C)CC(C)C1. The Kier molecular flexibility index (Phi) is 9.48. The Morgan fingerprint density at radius 1 is 0.947 bits per heavy atom. The zero-order chi connectivity index (χ0) is 13.9. The summed E-state index contributed by atoms with van der Waals surface area (Å²) in [6.45, 7) is 11.4. The van der Waals surface area contributed by atoms with Crippen LogP contribution < -0.4 is 5.32 Å². The highest BCUT2D eigenvalue weighted by Gasteiger charge is 2.23. The van der Waals surface area contributed by atoms with E-state index in [9.17, 15) is 0 Å². The van der Waals surface area contributed by atoms with E-state index in [-0.39, 0.29) is 0 Å². The number of unbranched alkanes of at least 4 members (excludes halogenated alkanes) is 1. The van der Waals surface area contributed by atoms with E-state index in [4.69, 9.17) is 9.47 Å². The van der Waals surface area contributed by atoms with Gasteiger partial charge in [-0.05, 0) is 57.4 Å². The summed E-state index contributed by atoms with van der Waals surface area (Å²) in [5.41, 5.74) is 0. The van der Waals surface area contributed by atoms with Gasteiger partial charge in [-0.1, -0.05) is 13.8 Å².